The number of aryl methyl sites for hydroxylation is 1. The van der Waals surface area contributed by atoms with Gasteiger partial charge in [0.25, 0.3) is 5.91 Å². The van der Waals surface area contributed by atoms with Crippen LogP contribution in [-0.2, 0) is 0 Å². The van der Waals surface area contributed by atoms with Gasteiger partial charge in [0.05, 0.1) is 16.9 Å². The molecular weight excluding hydrogens is 290 g/mol. The molecule has 2 aromatic rings. The average molecular weight is 315 g/mol. The van der Waals surface area contributed by atoms with E-state index in [2.05, 4.69) is 17.3 Å². The van der Waals surface area contributed by atoms with E-state index >= 15 is 0 Å². The van der Waals surface area contributed by atoms with Gasteiger partial charge in [0.15, 0.2) is 0 Å². The summed E-state index contributed by atoms with van der Waals surface area (Å²) in [5.74, 6) is 0.210. The summed E-state index contributed by atoms with van der Waals surface area (Å²) in [5, 5.41) is 16.5. The normalized spacial score (nSPS) is 12.1. The summed E-state index contributed by atoms with van der Waals surface area (Å²) in [6, 6.07) is 9.73. The predicted octanol–water partition coefficient (Wildman–Crippen LogP) is 2.71. The van der Waals surface area contributed by atoms with Crippen molar-refractivity contribution in [3.8, 4) is 5.69 Å². The van der Waals surface area contributed by atoms with E-state index in [1.165, 1.54) is 0 Å². The van der Waals surface area contributed by atoms with Gasteiger partial charge >= 0.3 is 0 Å². The first kappa shape index (κ1) is 17.2. The summed E-state index contributed by atoms with van der Waals surface area (Å²) >= 11 is 0. The molecule has 0 radical (unpaired) electrons. The molecule has 1 atom stereocenters. The van der Waals surface area contributed by atoms with E-state index in [9.17, 15) is 4.79 Å². The van der Waals surface area contributed by atoms with Gasteiger partial charge in [-0.05, 0) is 37.8 Å². The first-order valence-corrected chi connectivity index (χ1v) is 8.16. The van der Waals surface area contributed by atoms with Crippen molar-refractivity contribution >= 4 is 5.91 Å². The lowest BCUT2D eigenvalue weighted by Crippen LogP contribution is -2.30. The zero-order valence-electron chi connectivity index (χ0n) is 13.8. The van der Waals surface area contributed by atoms with E-state index in [4.69, 9.17) is 5.11 Å². The SMILES string of the molecule is CCCC(CCO)CNC(=O)c1cn(-c2ccccc2)nc1C. The highest BCUT2D eigenvalue weighted by molar-refractivity contribution is 5.95. The second-order valence-corrected chi connectivity index (χ2v) is 5.79. The molecule has 0 saturated heterocycles. The van der Waals surface area contributed by atoms with Crippen molar-refractivity contribution in [2.24, 2.45) is 5.92 Å². The molecule has 1 aromatic carbocycles. The number of aliphatic hydroxyl groups excluding tert-OH is 1. The van der Waals surface area contributed by atoms with Gasteiger partial charge in [0.1, 0.15) is 0 Å². The van der Waals surface area contributed by atoms with Crippen LogP contribution >= 0.6 is 0 Å². The third-order valence-electron chi connectivity index (χ3n) is 3.95. The number of nitrogens with zero attached hydrogens (tertiary/aromatic N) is 2. The number of aromatic nitrogens is 2. The first-order chi connectivity index (χ1) is 11.2. The third kappa shape index (κ3) is 4.66. The Morgan fingerprint density at radius 1 is 1.30 bits per heavy atom. The fraction of sp³-hybridized carbons (Fsp3) is 0.444. The van der Waals surface area contributed by atoms with Crippen LogP contribution in [0.5, 0.6) is 0 Å². The molecule has 1 amide bonds. The van der Waals surface area contributed by atoms with Gasteiger partial charge in [0.2, 0.25) is 0 Å². The van der Waals surface area contributed by atoms with Crippen molar-refractivity contribution in [1.29, 1.82) is 0 Å². The quantitative estimate of drug-likeness (QED) is 0.787. The van der Waals surface area contributed by atoms with E-state index in [-0.39, 0.29) is 12.5 Å². The molecule has 0 aliphatic rings. The zero-order valence-corrected chi connectivity index (χ0v) is 13.8. The molecule has 2 N–H and O–H groups in total. The highest BCUT2D eigenvalue weighted by Crippen LogP contribution is 2.13. The molecule has 1 aromatic heterocycles. The lowest BCUT2D eigenvalue weighted by molar-refractivity contribution is 0.0942. The largest absolute Gasteiger partial charge is 0.396 e. The van der Waals surface area contributed by atoms with Crippen molar-refractivity contribution in [2.75, 3.05) is 13.2 Å². The summed E-state index contributed by atoms with van der Waals surface area (Å²) in [6.07, 6.45) is 4.53. The number of hydrogen-bond donors (Lipinski definition) is 2. The van der Waals surface area contributed by atoms with Crippen LogP contribution in [0.25, 0.3) is 5.69 Å². The standard InChI is InChI=1S/C18H25N3O2/c1-3-7-15(10-11-22)12-19-18(23)17-13-21(20-14(17)2)16-8-5-4-6-9-16/h4-6,8-9,13,15,22H,3,7,10-12H2,1-2H3,(H,19,23). The van der Waals surface area contributed by atoms with E-state index in [1.807, 2.05) is 37.3 Å². The van der Waals surface area contributed by atoms with Gasteiger partial charge in [-0.25, -0.2) is 4.68 Å². The minimum absolute atomic E-state index is 0.108. The maximum Gasteiger partial charge on any atom is 0.254 e. The van der Waals surface area contributed by atoms with Crippen LogP contribution in [-0.4, -0.2) is 33.9 Å². The van der Waals surface area contributed by atoms with Crippen LogP contribution in [0.2, 0.25) is 0 Å². The molecule has 0 aliphatic carbocycles. The summed E-state index contributed by atoms with van der Waals surface area (Å²) in [6.45, 7) is 4.69. The molecule has 0 fully saturated rings. The number of hydrogen-bond acceptors (Lipinski definition) is 3. The van der Waals surface area contributed by atoms with Crippen LogP contribution in [0, 0.1) is 12.8 Å². The fourth-order valence-corrected chi connectivity index (χ4v) is 2.67. The van der Waals surface area contributed by atoms with Crippen LogP contribution in [0.4, 0.5) is 0 Å². The number of carbonyl (C=O) groups is 1. The van der Waals surface area contributed by atoms with E-state index in [1.54, 1.807) is 10.9 Å². The molecule has 0 bridgehead atoms. The predicted molar refractivity (Wildman–Crippen MR) is 90.7 cm³/mol. The molecule has 0 saturated carbocycles. The van der Waals surface area contributed by atoms with Gasteiger partial charge < -0.3 is 10.4 Å². The molecule has 1 heterocycles. The Hall–Kier alpha value is -2.14. The highest BCUT2D eigenvalue weighted by Gasteiger charge is 2.15. The Kier molecular flexibility index (Phi) is 6.35. The number of para-hydroxylation sites is 1. The van der Waals surface area contributed by atoms with Crippen molar-refractivity contribution in [1.82, 2.24) is 15.1 Å². The molecule has 5 nitrogen and oxygen atoms in total. The summed E-state index contributed by atoms with van der Waals surface area (Å²) in [5.41, 5.74) is 2.23. The van der Waals surface area contributed by atoms with Crippen molar-refractivity contribution in [3.63, 3.8) is 0 Å². The first-order valence-electron chi connectivity index (χ1n) is 8.16. The fourth-order valence-electron chi connectivity index (χ4n) is 2.67. The molecule has 2 rings (SSSR count). The maximum atomic E-state index is 12.4. The summed E-state index contributed by atoms with van der Waals surface area (Å²) in [4.78, 5) is 12.4. The molecule has 23 heavy (non-hydrogen) atoms. The smallest absolute Gasteiger partial charge is 0.254 e. The number of amides is 1. The minimum atomic E-state index is -0.108. The molecule has 5 heteroatoms. The molecule has 124 valence electrons. The Labute approximate surface area is 137 Å². The Morgan fingerprint density at radius 3 is 2.70 bits per heavy atom. The monoisotopic (exact) mass is 315 g/mol. The Morgan fingerprint density at radius 2 is 2.04 bits per heavy atom. The van der Waals surface area contributed by atoms with Gasteiger partial charge in [-0.3, -0.25) is 4.79 Å². The zero-order chi connectivity index (χ0) is 16.7. The van der Waals surface area contributed by atoms with E-state index < -0.39 is 0 Å². The molecule has 1 unspecified atom stereocenters. The number of carbonyl (C=O) groups excluding carboxylic acids is 1. The average Bonchev–Trinajstić information content (AvgIpc) is 2.95. The summed E-state index contributed by atoms with van der Waals surface area (Å²) in [7, 11) is 0. The van der Waals surface area contributed by atoms with Crippen LogP contribution in [0.15, 0.2) is 36.5 Å². The van der Waals surface area contributed by atoms with Crippen molar-refractivity contribution in [2.45, 2.75) is 33.1 Å². The topological polar surface area (TPSA) is 67.2 Å². The van der Waals surface area contributed by atoms with E-state index in [0.29, 0.717) is 23.7 Å². The Bertz CT molecular complexity index is 616. The number of rotatable bonds is 8. The second kappa shape index (κ2) is 8.48. The van der Waals surface area contributed by atoms with Crippen molar-refractivity contribution in [3.05, 3.63) is 47.8 Å². The minimum Gasteiger partial charge on any atom is -0.396 e. The number of aliphatic hydroxyl groups is 1. The molecular formula is C18H25N3O2. The summed E-state index contributed by atoms with van der Waals surface area (Å²) < 4.78 is 1.72. The van der Waals surface area contributed by atoms with Gasteiger partial charge in [-0.1, -0.05) is 31.5 Å². The highest BCUT2D eigenvalue weighted by atomic mass is 16.3. The van der Waals surface area contributed by atoms with E-state index in [0.717, 1.165) is 24.9 Å². The van der Waals surface area contributed by atoms with Gasteiger partial charge in [0, 0.05) is 19.3 Å². The van der Waals surface area contributed by atoms with Crippen molar-refractivity contribution < 1.29 is 9.90 Å². The third-order valence-corrected chi connectivity index (χ3v) is 3.95. The lowest BCUT2D eigenvalue weighted by atomic mass is 10.00. The lowest BCUT2D eigenvalue weighted by Gasteiger charge is -2.15. The van der Waals surface area contributed by atoms with Crippen LogP contribution < -0.4 is 5.32 Å². The van der Waals surface area contributed by atoms with Crippen LogP contribution in [0.1, 0.15) is 42.2 Å². The second-order valence-electron chi connectivity index (χ2n) is 5.79. The van der Waals surface area contributed by atoms with Crippen LogP contribution in [0.3, 0.4) is 0 Å². The van der Waals surface area contributed by atoms with Gasteiger partial charge in [-0.2, -0.15) is 5.10 Å². The van der Waals surface area contributed by atoms with Gasteiger partial charge in [-0.15, -0.1) is 0 Å². The molecule has 0 spiro atoms. The molecule has 0 aliphatic heterocycles. The number of nitrogens with one attached hydrogen (secondary N) is 1. The maximum absolute atomic E-state index is 12.4. The Balaban J connectivity index is 2.04. The number of benzene rings is 1.